The highest BCUT2D eigenvalue weighted by molar-refractivity contribution is 6.29. The summed E-state index contributed by atoms with van der Waals surface area (Å²) in [5.41, 5.74) is 0.647. The summed E-state index contributed by atoms with van der Waals surface area (Å²) in [6.07, 6.45) is -0.227. The summed E-state index contributed by atoms with van der Waals surface area (Å²) in [5, 5.41) is 12.6. The monoisotopic (exact) mass is 240 g/mol. The molecule has 0 bridgehead atoms. The average molecular weight is 241 g/mol. The highest BCUT2D eigenvalue weighted by Crippen LogP contribution is 2.19. The minimum Gasteiger partial charge on any atom is -0.376 e. The fraction of sp³-hybridized carbons (Fsp3) is 0.444. The molecule has 1 atom stereocenters. The van der Waals surface area contributed by atoms with Gasteiger partial charge in [-0.3, -0.25) is 0 Å². The van der Waals surface area contributed by atoms with Crippen LogP contribution in [-0.4, -0.2) is 39.6 Å². The van der Waals surface area contributed by atoms with Crippen LogP contribution in [0.25, 0.3) is 5.65 Å². The van der Waals surface area contributed by atoms with Gasteiger partial charge in [-0.15, -0.1) is 10.2 Å². The van der Waals surface area contributed by atoms with E-state index in [9.17, 15) is 0 Å². The van der Waals surface area contributed by atoms with Gasteiger partial charge in [-0.05, 0) is 12.1 Å². The summed E-state index contributed by atoms with van der Waals surface area (Å²) >= 11 is 5.83. The molecule has 1 unspecified atom stereocenters. The van der Waals surface area contributed by atoms with Gasteiger partial charge in [0.05, 0.1) is 19.8 Å². The molecule has 0 amide bonds. The van der Waals surface area contributed by atoms with Gasteiger partial charge in [0.1, 0.15) is 11.3 Å². The molecule has 0 N–H and O–H groups in total. The van der Waals surface area contributed by atoms with E-state index in [1.54, 1.807) is 16.6 Å². The predicted octanol–water partition coefficient (Wildman–Crippen LogP) is 0.866. The molecule has 2 aromatic heterocycles. The molecule has 7 heteroatoms. The highest BCUT2D eigenvalue weighted by atomic mass is 35.5. The lowest BCUT2D eigenvalue weighted by atomic mass is 10.3. The first-order valence-corrected chi connectivity index (χ1v) is 5.29. The third-order valence-corrected chi connectivity index (χ3v) is 2.56. The number of fused-ring (bicyclic) bond motifs is 1. The van der Waals surface area contributed by atoms with Gasteiger partial charge in [-0.1, -0.05) is 11.6 Å². The number of ether oxygens (including phenoxy) is 2. The molecule has 1 fully saturated rings. The Kier molecular flexibility index (Phi) is 2.47. The van der Waals surface area contributed by atoms with E-state index in [4.69, 9.17) is 21.1 Å². The lowest BCUT2D eigenvalue weighted by Gasteiger charge is -2.20. The van der Waals surface area contributed by atoms with Gasteiger partial charge in [-0.25, -0.2) is 0 Å². The molecular formula is C9H9ClN4O2. The van der Waals surface area contributed by atoms with Gasteiger partial charge in [0.15, 0.2) is 11.5 Å². The Morgan fingerprint density at radius 1 is 1.31 bits per heavy atom. The molecule has 6 nitrogen and oxygen atoms in total. The number of halogens is 1. The van der Waals surface area contributed by atoms with Crippen LogP contribution in [0.4, 0.5) is 0 Å². The molecule has 84 valence electrons. The molecule has 16 heavy (non-hydrogen) atoms. The minimum absolute atomic E-state index is 0.227. The third-order valence-electron chi connectivity index (χ3n) is 2.36. The lowest BCUT2D eigenvalue weighted by molar-refractivity contribution is -0.0942. The third kappa shape index (κ3) is 1.64. The van der Waals surface area contributed by atoms with E-state index in [0.29, 0.717) is 36.4 Å². The van der Waals surface area contributed by atoms with Gasteiger partial charge >= 0.3 is 0 Å². The van der Waals surface area contributed by atoms with Gasteiger partial charge in [0, 0.05) is 0 Å². The molecule has 3 rings (SSSR count). The van der Waals surface area contributed by atoms with Gasteiger partial charge in [0.2, 0.25) is 0 Å². The molecule has 0 aromatic carbocycles. The standard InChI is InChI=1S/C9H9ClN4O2/c10-7-1-2-8-11-12-9(14(8)13-7)6-5-15-3-4-16-6/h1-2,6H,3-5H2. The Bertz CT molecular complexity index is 509. The van der Waals surface area contributed by atoms with Crippen LogP contribution in [0.1, 0.15) is 11.9 Å². The Morgan fingerprint density at radius 3 is 3.06 bits per heavy atom. The van der Waals surface area contributed by atoms with Crippen molar-refractivity contribution in [3.63, 3.8) is 0 Å². The maximum atomic E-state index is 5.83. The molecule has 1 saturated heterocycles. The minimum atomic E-state index is -0.227. The lowest BCUT2D eigenvalue weighted by Crippen LogP contribution is -2.24. The number of hydrogen-bond acceptors (Lipinski definition) is 5. The molecule has 2 aromatic rings. The van der Waals surface area contributed by atoms with Gasteiger partial charge < -0.3 is 9.47 Å². The summed E-state index contributed by atoms with van der Waals surface area (Å²) in [5.74, 6) is 0.622. The Morgan fingerprint density at radius 2 is 2.25 bits per heavy atom. The topological polar surface area (TPSA) is 61.5 Å². The van der Waals surface area contributed by atoms with Crippen molar-refractivity contribution in [3.8, 4) is 0 Å². The zero-order valence-corrected chi connectivity index (χ0v) is 9.09. The van der Waals surface area contributed by atoms with E-state index in [-0.39, 0.29) is 6.10 Å². The first-order valence-electron chi connectivity index (χ1n) is 4.92. The van der Waals surface area contributed by atoms with E-state index < -0.39 is 0 Å². The molecule has 1 aliphatic rings. The van der Waals surface area contributed by atoms with Crippen LogP contribution in [0.2, 0.25) is 5.15 Å². The second-order valence-electron chi connectivity index (χ2n) is 3.42. The van der Waals surface area contributed by atoms with Crippen molar-refractivity contribution in [2.75, 3.05) is 19.8 Å². The second kappa shape index (κ2) is 3.97. The number of aromatic nitrogens is 4. The van der Waals surface area contributed by atoms with E-state index in [2.05, 4.69) is 15.3 Å². The number of hydrogen-bond donors (Lipinski definition) is 0. The van der Waals surface area contributed by atoms with E-state index in [0.717, 1.165) is 0 Å². The molecule has 0 spiro atoms. The molecule has 0 aliphatic carbocycles. The fourth-order valence-electron chi connectivity index (χ4n) is 1.62. The average Bonchev–Trinajstić information content (AvgIpc) is 2.73. The fourth-order valence-corrected chi connectivity index (χ4v) is 1.76. The van der Waals surface area contributed by atoms with Gasteiger partial charge in [0.25, 0.3) is 0 Å². The number of nitrogens with zero attached hydrogens (tertiary/aromatic N) is 4. The van der Waals surface area contributed by atoms with Crippen LogP contribution in [0.3, 0.4) is 0 Å². The molecular weight excluding hydrogens is 232 g/mol. The van der Waals surface area contributed by atoms with E-state index in [1.807, 2.05) is 0 Å². The summed E-state index contributed by atoms with van der Waals surface area (Å²) in [6, 6.07) is 3.43. The van der Waals surface area contributed by atoms with Crippen molar-refractivity contribution in [1.29, 1.82) is 0 Å². The normalized spacial score (nSPS) is 21.4. The van der Waals surface area contributed by atoms with Crippen LogP contribution >= 0.6 is 11.6 Å². The number of rotatable bonds is 1. The van der Waals surface area contributed by atoms with Crippen molar-refractivity contribution in [1.82, 2.24) is 19.8 Å². The smallest absolute Gasteiger partial charge is 0.186 e. The molecule has 0 radical (unpaired) electrons. The van der Waals surface area contributed by atoms with Crippen LogP contribution in [0.15, 0.2) is 12.1 Å². The molecule has 3 heterocycles. The highest BCUT2D eigenvalue weighted by Gasteiger charge is 2.22. The Hall–Kier alpha value is -1.24. The van der Waals surface area contributed by atoms with Crippen molar-refractivity contribution in [3.05, 3.63) is 23.1 Å². The van der Waals surface area contributed by atoms with Crippen LogP contribution in [0.5, 0.6) is 0 Å². The Labute approximate surface area is 96.1 Å². The van der Waals surface area contributed by atoms with Crippen LogP contribution < -0.4 is 0 Å². The molecule has 1 aliphatic heterocycles. The van der Waals surface area contributed by atoms with E-state index >= 15 is 0 Å². The first-order chi connectivity index (χ1) is 7.84. The summed E-state index contributed by atoms with van der Waals surface area (Å²) in [7, 11) is 0. The second-order valence-corrected chi connectivity index (χ2v) is 3.81. The summed E-state index contributed by atoms with van der Waals surface area (Å²) in [6.45, 7) is 1.64. The Balaban J connectivity index is 2.05. The zero-order valence-electron chi connectivity index (χ0n) is 8.34. The quantitative estimate of drug-likeness (QED) is 0.740. The predicted molar refractivity (Wildman–Crippen MR) is 55.3 cm³/mol. The van der Waals surface area contributed by atoms with Crippen molar-refractivity contribution < 1.29 is 9.47 Å². The van der Waals surface area contributed by atoms with Crippen molar-refractivity contribution in [2.24, 2.45) is 0 Å². The maximum absolute atomic E-state index is 5.83. The summed E-state index contributed by atoms with van der Waals surface area (Å²) < 4.78 is 12.4. The zero-order chi connectivity index (χ0) is 11.0. The van der Waals surface area contributed by atoms with Crippen LogP contribution in [0, 0.1) is 0 Å². The van der Waals surface area contributed by atoms with Gasteiger partial charge in [-0.2, -0.15) is 9.61 Å². The van der Waals surface area contributed by atoms with Crippen molar-refractivity contribution >= 4 is 17.2 Å². The van der Waals surface area contributed by atoms with Crippen molar-refractivity contribution in [2.45, 2.75) is 6.10 Å². The largest absolute Gasteiger partial charge is 0.376 e. The summed E-state index contributed by atoms with van der Waals surface area (Å²) in [4.78, 5) is 0. The first kappa shape index (κ1) is 9.95. The molecule has 0 saturated carbocycles. The maximum Gasteiger partial charge on any atom is 0.186 e. The SMILES string of the molecule is Clc1ccc2nnc(C3COCCO3)n2n1. The van der Waals surface area contributed by atoms with Crippen LogP contribution in [-0.2, 0) is 9.47 Å². The van der Waals surface area contributed by atoms with E-state index in [1.165, 1.54) is 0 Å².